The van der Waals surface area contributed by atoms with E-state index in [1.54, 1.807) is 0 Å². The van der Waals surface area contributed by atoms with Crippen molar-refractivity contribution < 1.29 is 4.79 Å². The average Bonchev–Trinajstić information content (AvgIpc) is 2.28. The van der Waals surface area contributed by atoms with E-state index in [2.05, 4.69) is 5.32 Å². The van der Waals surface area contributed by atoms with Gasteiger partial charge in [0, 0.05) is 6.42 Å². The highest BCUT2D eigenvalue weighted by Crippen LogP contribution is 2.05. The summed E-state index contributed by atoms with van der Waals surface area (Å²) in [4.78, 5) is 11.6. The molecule has 0 saturated carbocycles. The summed E-state index contributed by atoms with van der Waals surface area (Å²) in [5.41, 5.74) is 11.2. The second kappa shape index (κ2) is 11.0. The minimum atomic E-state index is -0.268. The predicted octanol–water partition coefficient (Wildman–Crippen LogP) is 0.792. The maximum absolute atomic E-state index is 11.6. The normalized spacial score (nSPS) is 12.7. The van der Waals surface area contributed by atoms with E-state index >= 15 is 0 Å². The minimum Gasteiger partial charge on any atom is -0.330 e. The van der Waals surface area contributed by atoms with Gasteiger partial charge in [0.05, 0.1) is 6.04 Å². The highest BCUT2D eigenvalue weighted by atomic mass is 16.1. The molecule has 0 fully saturated rings. The van der Waals surface area contributed by atoms with Gasteiger partial charge >= 0.3 is 0 Å². The zero-order valence-electron chi connectivity index (χ0n) is 10.5. The maximum Gasteiger partial charge on any atom is 0.149 e. The summed E-state index contributed by atoms with van der Waals surface area (Å²) in [6.45, 7) is 1.71. The van der Waals surface area contributed by atoms with Crippen molar-refractivity contribution in [1.82, 2.24) is 5.32 Å². The van der Waals surface area contributed by atoms with Crippen LogP contribution in [0.3, 0.4) is 0 Å². The molecular weight excluding hydrogens is 202 g/mol. The third-order valence-electron chi connectivity index (χ3n) is 2.73. The Bertz CT molecular complexity index is 174. The molecule has 0 bridgehead atoms. The van der Waals surface area contributed by atoms with E-state index in [1.807, 2.05) is 7.05 Å². The molecule has 1 atom stereocenters. The first kappa shape index (κ1) is 15.6. The first-order chi connectivity index (χ1) is 7.72. The van der Waals surface area contributed by atoms with Crippen molar-refractivity contribution in [2.24, 2.45) is 11.5 Å². The molecule has 0 spiro atoms. The molecule has 4 heteroatoms. The van der Waals surface area contributed by atoms with Crippen molar-refractivity contribution in [1.29, 1.82) is 0 Å². The topological polar surface area (TPSA) is 81.1 Å². The number of nitrogens with one attached hydrogen (secondary N) is 1. The molecule has 0 aromatic rings. The number of rotatable bonds is 11. The van der Waals surface area contributed by atoms with Gasteiger partial charge in [-0.25, -0.2) is 0 Å². The molecule has 0 aromatic heterocycles. The van der Waals surface area contributed by atoms with Crippen LogP contribution in [0.2, 0.25) is 0 Å². The third kappa shape index (κ3) is 8.83. The van der Waals surface area contributed by atoms with Crippen LogP contribution in [0.1, 0.15) is 44.9 Å². The van der Waals surface area contributed by atoms with E-state index in [0.717, 1.165) is 45.1 Å². The number of carbonyl (C=O) groups excluding carboxylic acids is 1. The number of hydrogen-bond acceptors (Lipinski definition) is 4. The second-order valence-electron chi connectivity index (χ2n) is 4.27. The van der Waals surface area contributed by atoms with E-state index < -0.39 is 0 Å². The number of ketones is 1. The molecule has 0 radical (unpaired) electrons. The van der Waals surface area contributed by atoms with Crippen molar-refractivity contribution in [2.45, 2.75) is 51.0 Å². The summed E-state index contributed by atoms with van der Waals surface area (Å²) < 4.78 is 0. The Morgan fingerprint density at radius 2 is 1.94 bits per heavy atom. The third-order valence-corrected chi connectivity index (χ3v) is 2.73. The summed E-state index contributed by atoms with van der Waals surface area (Å²) in [5.74, 6) is 0.210. The predicted molar refractivity (Wildman–Crippen MR) is 68.3 cm³/mol. The van der Waals surface area contributed by atoms with Crippen LogP contribution in [-0.2, 0) is 4.79 Å². The van der Waals surface area contributed by atoms with Gasteiger partial charge in [-0.3, -0.25) is 4.79 Å². The molecule has 0 amide bonds. The van der Waals surface area contributed by atoms with E-state index in [0.29, 0.717) is 13.0 Å². The Kier molecular flexibility index (Phi) is 10.7. The summed E-state index contributed by atoms with van der Waals surface area (Å²) in [5, 5.41) is 3.09. The molecule has 5 N–H and O–H groups in total. The number of carbonyl (C=O) groups is 1. The van der Waals surface area contributed by atoms with Crippen LogP contribution in [0.4, 0.5) is 0 Å². The van der Waals surface area contributed by atoms with Crippen LogP contribution >= 0.6 is 0 Å². The quantitative estimate of drug-likeness (QED) is 0.458. The molecule has 16 heavy (non-hydrogen) atoms. The highest BCUT2D eigenvalue weighted by Gasteiger charge is 2.11. The molecule has 96 valence electrons. The van der Waals surface area contributed by atoms with E-state index in [1.165, 1.54) is 0 Å². The lowest BCUT2D eigenvalue weighted by atomic mass is 10.0. The summed E-state index contributed by atoms with van der Waals surface area (Å²) in [6.07, 6.45) is 6.53. The fourth-order valence-corrected chi connectivity index (χ4v) is 1.63. The highest BCUT2D eigenvalue weighted by molar-refractivity contribution is 5.83. The van der Waals surface area contributed by atoms with Gasteiger partial charge in [-0.15, -0.1) is 0 Å². The van der Waals surface area contributed by atoms with E-state index in [9.17, 15) is 4.79 Å². The molecule has 1 unspecified atom stereocenters. The number of hydrogen-bond donors (Lipinski definition) is 3. The van der Waals surface area contributed by atoms with E-state index in [4.69, 9.17) is 11.5 Å². The van der Waals surface area contributed by atoms with Crippen molar-refractivity contribution in [3.63, 3.8) is 0 Å². The van der Waals surface area contributed by atoms with Gasteiger partial charge in [-0.1, -0.05) is 12.8 Å². The smallest absolute Gasteiger partial charge is 0.149 e. The van der Waals surface area contributed by atoms with Crippen LogP contribution in [0.15, 0.2) is 0 Å². The zero-order chi connectivity index (χ0) is 12.2. The Balaban J connectivity index is 3.40. The van der Waals surface area contributed by atoms with E-state index in [-0.39, 0.29) is 11.8 Å². The van der Waals surface area contributed by atoms with Crippen molar-refractivity contribution in [2.75, 3.05) is 20.1 Å². The molecule has 0 rings (SSSR count). The van der Waals surface area contributed by atoms with Gasteiger partial charge in [-0.2, -0.15) is 0 Å². The summed E-state index contributed by atoms with van der Waals surface area (Å²) in [7, 11) is 1.94. The molecule has 0 aliphatic heterocycles. The number of Topliss-reactive ketones (excluding diaryl/α,β-unsaturated/α-hetero) is 1. The van der Waals surface area contributed by atoms with Gasteiger partial charge in [0.1, 0.15) is 5.78 Å². The first-order valence-corrected chi connectivity index (χ1v) is 6.35. The molecular formula is C12H27N3O. The van der Waals surface area contributed by atoms with Crippen LogP contribution < -0.4 is 16.8 Å². The molecule has 4 nitrogen and oxygen atoms in total. The van der Waals surface area contributed by atoms with Crippen molar-refractivity contribution in [3.8, 4) is 0 Å². The van der Waals surface area contributed by atoms with Gasteiger partial charge in [-0.05, 0) is 45.8 Å². The van der Waals surface area contributed by atoms with Gasteiger partial charge in [0.15, 0.2) is 0 Å². The molecule has 0 saturated heterocycles. The standard InChI is InChI=1S/C12H27N3O/c1-15-10-6-2-3-8-12(16)11(14)7-4-5-9-13/h11,15H,2-10,13-14H2,1H3. The lowest BCUT2D eigenvalue weighted by Crippen LogP contribution is -2.30. The van der Waals surface area contributed by atoms with Crippen LogP contribution in [0.25, 0.3) is 0 Å². The molecule has 0 aliphatic rings. The molecule has 0 aromatic carbocycles. The van der Waals surface area contributed by atoms with Crippen molar-refractivity contribution in [3.05, 3.63) is 0 Å². The summed E-state index contributed by atoms with van der Waals surface area (Å²) >= 11 is 0. The molecule has 0 aliphatic carbocycles. The van der Waals surface area contributed by atoms with Gasteiger partial charge < -0.3 is 16.8 Å². The Morgan fingerprint density at radius 1 is 1.19 bits per heavy atom. The lowest BCUT2D eigenvalue weighted by Gasteiger charge is -2.09. The summed E-state index contributed by atoms with van der Waals surface area (Å²) in [6, 6.07) is -0.268. The van der Waals surface area contributed by atoms with Crippen LogP contribution in [0.5, 0.6) is 0 Å². The fraction of sp³-hybridized carbons (Fsp3) is 0.917. The van der Waals surface area contributed by atoms with Crippen LogP contribution in [0, 0.1) is 0 Å². The largest absolute Gasteiger partial charge is 0.330 e. The fourth-order valence-electron chi connectivity index (χ4n) is 1.63. The monoisotopic (exact) mass is 229 g/mol. The lowest BCUT2D eigenvalue weighted by molar-refractivity contribution is -0.120. The first-order valence-electron chi connectivity index (χ1n) is 6.35. The Hall–Kier alpha value is -0.450. The molecule has 0 heterocycles. The SMILES string of the molecule is CNCCCCCC(=O)C(N)CCCCN. The number of unbranched alkanes of at least 4 members (excludes halogenated alkanes) is 3. The maximum atomic E-state index is 11.6. The Morgan fingerprint density at radius 3 is 2.56 bits per heavy atom. The van der Waals surface area contributed by atoms with Gasteiger partial charge in [0.25, 0.3) is 0 Å². The Labute approximate surface area is 99.1 Å². The van der Waals surface area contributed by atoms with Crippen LogP contribution in [-0.4, -0.2) is 32.0 Å². The number of nitrogens with two attached hydrogens (primary N) is 2. The average molecular weight is 229 g/mol. The van der Waals surface area contributed by atoms with Gasteiger partial charge in [0.2, 0.25) is 0 Å². The van der Waals surface area contributed by atoms with Crippen molar-refractivity contribution >= 4 is 5.78 Å². The zero-order valence-corrected chi connectivity index (χ0v) is 10.5. The minimum absolute atomic E-state index is 0.210. The second-order valence-corrected chi connectivity index (χ2v) is 4.27.